The fourth-order valence-corrected chi connectivity index (χ4v) is 5.36. The fraction of sp³-hybridized carbons (Fsp3) is 0.400. The quantitative estimate of drug-likeness (QED) is 0.691. The van der Waals surface area contributed by atoms with Crippen LogP contribution < -0.4 is 16.2 Å². The lowest BCUT2D eigenvalue weighted by Crippen LogP contribution is -2.57. The van der Waals surface area contributed by atoms with Crippen molar-refractivity contribution in [2.45, 2.75) is 12.7 Å². The predicted octanol–water partition coefficient (Wildman–Crippen LogP) is 1.72. The number of aliphatic imine (C=N–C) groups is 1. The van der Waals surface area contributed by atoms with Crippen LogP contribution in [-0.4, -0.2) is 60.6 Å². The van der Waals surface area contributed by atoms with Crippen molar-refractivity contribution in [1.29, 1.82) is 0 Å². The van der Waals surface area contributed by atoms with E-state index in [1.54, 1.807) is 11.3 Å². The molecule has 2 aromatic rings. The molecule has 2 saturated heterocycles. The van der Waals surface area contributed by atoms with Crippen molar-refractivity contribution < 1.29 is 4.79 Å². The summed E-state index contributed by atoms with van der Waals surface area (Å²) >= 11 is 8.13. The number of benzene rings is 1. The normalized spacial score (nSPS) is 24.9. The average molecular weight is 431 g/mol. The molecule has 3 N–H and O–H groups in total. The van der Waals surface area contributed by atoms with Gasteiger partial charge in [-0.3, -0.25) is 20.4 Å². The zero-order valence-electron chi connectivity index (χ0n) is 15.9. The van der Waals surface area contributed by atoms with Crippen LogP contribution in [0.1, 0.15) is 4.88 Å². The van der Waals surface area contributed by atoms with Crippen molar-refractivity contribution in [2.24, 2.45) is 10.9 Å². The molecule has 29 heavy (non-hydrogen) atoms. The van der Waals surface area contributed by atoms with Crippen LogP contribution in [0, 0.1) is 5.92 Å². The number of guanidine groups is 1. The smallest absolute Gasteiger partial charge is 0.234 e. The van der Waals surface area contributed by atoms with Crippen molar-refractivity contribution in [3.05, 3.63) is 46.3 Å². The molecule has 5 rings (SSSR count). The Morgan fingerprint density at radius 2 is 1.97 bits per heavy atom. The summed E-state index contributed by atoms with van der Waals surface area (Å²) in [6.07, 6.45) is -0.161. The molecule has 9 heteroatoms. The van der Waals surface area contributed by atoms with Gasteiger partial charge in [0.05, 0.1) is 5.92 Å². The van der Waals surface area contributed by atoms with E-state index in [2.05, 4.69) is 49.2 Å². The van der Waals surface area contributed by atoms with E-state index in [0.29, 0.717) is 12.5 Å². The highest BCUT2D eigenvalue weighted by molar-refractivity contribution is 7.15. The molecule has 0 aliphatic carbocycles. The molecular formula is C20H23ClN6OS. The molecule has 0 radical (unpaired) electrons. The Morgan fingerprint density at radius 3 is 2.79 bits per heavy atom. The van der Waals surface area contributed by atoms with Crippen LogP contribution >= 0.6 is 22.9 Å². The number of hydrogen-bond acceptors (Lipinski definition) is 7. The van der Waals surface area contributed by atoms with Crippen LogP contribution in [0.4, 0.5) is 0 Å². The van der Waals surface area contributed by atoms with E-state index in [-0.39, 0.29) is 18.0 Å². The molecule has 152 valence electrons. The van der Waals surface area contributed by atoms with Gasteiger partial charge in [0, 0.05) is 59.6 Å². The summed E-state index contributed by atoms with van der Waals surface area (Å²) in [5.74, 6) is 0.626. The first-order chi connectivity index (χ1) is 14.2. The van der Waals surface area contributed by atoms with Gasteiger partial charge >= 0.3 is 0 Å². The maximum absolute atomic E-state index is 12.3. The molecule has 2 atom stereocenters. The summed E-state index contributed by atoms with van der Waals surface area (Å²) in [6, 6.07) is 12.3. The first-order valence-corrected chi connectivity index (χ1v) is 11.0. The van der Waals surface area contributed by atoms with E-state index in [4.69, 9.17) is 11.6 Å². The van der Waals surface area contributed by atoms with E-state index in [1.165, 1.54) is 9.75 Å². The predicted molar refractivity (Wildman–Crippen MR) is 116 cm³/mol. The Morgan fingerprint density at radius 1 is 1.14 bits per heavy atom. The number of hydrazine groups is 1. The van der Waals surface area contributed by atoms with Crippen molar-refractivity contribution in [1.82, 2.24) is 26.0 Å². The fourth-order valence-electron chi connectivity index (χ4n) is 3.98. The Kier molecular flexibility index (Phi) is 5.28. The van der Waals surface area contributed by atoms with Gasteiger partial charge in [-0.2, -0.15) is 0 Å². The molecular weight excluding hydrogens is 408 g/mol. The molecule has 3 aliphatic heterocycles. The third kappa shape index (κ3) is 3.91. The van der Waals surface area contributed by atoms with E-state index in [1.807, 2.05) is 18.2 Å². The highest BCUT2D eigenvalue weighted by Gasteiger charge is 2.38. The zero-order chi connectivity index (χ0) is 19.8. The Hall–Kier alpha value is -1.97. The lowest BCUT2D eigenvalue weighted by Gasteiger charge is -2.38. The molecule has 4 heterocycles. The number of hydrogen-bond donors (Lipinski definition) is 3. The minimum absolute atomic E-state index is 0.0469. The second-order valence-electron chi connectivity index (χ2n) is 7.53. The standard InChI is InChI=1S/C20H23ClN6OS/c21-16-4-2-1-3-14(16)17-6-5-13(29-17)12-26-7-9-27(10-8-26)20-23-18-15(11-22-25-18)19(28)24-20/h1-6,15,18,22,25H,7-12H2,(H,23,24,28). The van der Waals surface area contributed by atoms with E-state index >= 15 is 0 Å². The van der Waals surface area contributed by atoms with Crippen molar-refractivity contribution in [2.75, 3.05) is 32.7 Å². The first-order valence-electron chi connectivity index (χ1n) is 9.85. The maximum Gasteiger partial charge on any atom is 0.234 e. The summed E-state index contributed by atoms with van der Waals surface area (Å²) in [7, 11) is 0. The lowest BCUT2D eigenvalue weighted by atomic mass is 10.1. The van der Waals surface area contributed by atoms with Crippen molar-refractivity contribution in [3.8, 4) is 10.4 Å². The van der Waals surface area contributed by atoms with Crippen LogP contribution in [0.2, 0.25) is 5.02 Å². The molecule has 1 amide bonds. The molecule has 7 nitrogen and oxygen atoms in total. The summed E-state index contributed by atoms with van der Waals surface area (Å²) < 4.78 is 0. The second kappa shape index (κ2) is 8.04. The van der Waals surface area contributed by atoms with Crippen LogP contribution in [0.3, 0.4) is 0 Å². The minimum Gasteiger partial charge on any atom is -0.340 e. The third-order valence-electron chi connectivity index (χ3n) is 5.64. The number of thiophene rings is 1. The number of nitrogens with zero attached hydrogens (tertiary/aromatic N) is 3. The second-order valence-corrected chi connectivity index (χ2v) is 9.10. The van der Waals surface area contributed by atoms with Crippen LogP contribution in [0.15, 0.2) is 41.4 Å². The Balaban J connectivity index is 1.19. The maximum atomic E-state index is 12.3. The number of nitrogens with one attached hydrogen (secondary N) is 3. The summed E-state index contributed by atoms with van der Waals surface area (Å²) in [4.78, 5) is 24.1. The summed E-state index contributed by atoms with van der Waals surface area (Å²) in [5, 5.41) is 3.77. The topological polar surface area (TPSA) is 72.0 Å². The van der Waals surface area contributed by atoms with Crippen molar-refractivity contribution in [3.63, 3.8) is 0 Å². The van der Waals surface area contributed by atoms with Gasteiger partial charge in [-0.15, -0.1) is 11.3 Å². The van der Waals surface area contributed by atoms with Gasteiger partial charge in [-0.25, -0.2) is 10.4 Å². The molecule has 0 spiro atoms. The van der Waals surface area contributed by atoms with Gasteiger partial charge in [0.2, 0.25) is 11.9 Å². The van der Waals surface area contributed by atoms with Crippen LogP contribution in [-0.2, 0) is 11.3 Å². The summed E-state index contributed by atoms with van der Waals surface area (Å²) in [6.45, 7) is 5.14. The van der Waals surface area contributed by atoms with Crippen LogP contribution in [0.5, 0.6) is 0 Å². The highest BCUT2D eigenvalue weighted by Crippen LogP contribution is 2.33. The highest BCUT2D eigenvalue weighted by atomic mass is 35.5. The molecule has 0 bridgehead atoms. The molecule has 1 aromatic carbocycles. The number of carbonyl (C=O) groups is 1. The number of halogens is 1. The molecule has 1 aromatic heterocycles. The SMILES string of the molecule is O=C1NC(N2CCN(Cc3ccc(-c4ccccc4Cl)s3)CC2)=NC2NNCC12. The van der Waals surface area contributed by atoms with Crippen molar-refractivity contribution >= 4 is 34.8 Å². The largest absolute Gasteiger partial charge is 0.340 e. The first kappa shape index (κ1) is 19.0. The number of fused-ring (bicyclic) bond motifs is 1. The third-order valence-corrected chi connectivity index (χ3v) is 7.07. The van der Waals surface area contributed by atoms with Gasteiger partial charge in [0.1, 0.15) is 6.17 Å². The summed E-state index contributed by atoms with van der Waals surface area (Å²) in [5.41, 5.74) is 7.19. The number of rotatable bonds is 3. The molecule has 2 unspecified atom stereocenters. The zero-order valence-corrected chi connectivity index (χ0v) is 17.5. The minimum atomic E-state index is -0.161. The number of piperazine rings is 1. The van der Waals surface area contributed by atoms with Crippen LogP contribution in [0.25, 0.3) is 10.4 Å². The molecule has 0 saturated carbocycles. The molecule has 3 aliphatic rings. The Bertz CT molecular complexity index is 939. The van der Waals surface area contributed by atoms with E-state index in [9.17, 15) is 4.79 Å². The van der Waals surface area contributed by atoms with Gasteiger partial charge in [-0.05, 0) is 18.2 Å². The van der Waals surface area contributed by atoms with E-state index in [0.717, 1.165) is 43.3 Å². The van der Waals surface area contributed by atoms with Gasteiger partial charge in [-0.1, -0.05) is 29.8 Å². The van der Waals surface area contributed by atoms with Gasteiger partial charge < -0.3 is 4.90 Å². The monoisotopic (exact) mass is 430 g/mol. The number of carbonyl (C=O) groups excluding carboxylic acids is 1. The van der Waals surface area contributed by atoms with Gasteiger partial charge in [0.25, 0.3) is 0 Å². The van der Waals surface area contributed by atoms with Gasteiger partial charge in [0.15, 0.2) is 0 Å². The molecule has 2 fully saturated rings. The number of amides is 1. The van der Waals surface area contributed by atoms with E-state index < -0.39 is 0 Å². The average Bonchev–Trinajstić information content (AvgIpc) is 3.39. The lowest BCUT2D eigenvalue weighted by molar-refractivity contribution is -0.124. The Labute approximate surface area is 178 Å².